The molecule has 0 saturated carbocycles. The highest BCUT2D eigenvalue weighted by atomic mass is 32.2. The van der Waals surface area contributed by atoms with E-state index in [9.17, 15) is 16.8 Å². The minimum absolute atomic E-state index is 0.0419. The lowest BCUT2D eigenvalue weighted by Crippen LogP contribution is -2.40. The second-order valence-electron chi connectivity index (χ2n) is 6.02. The van der Waals surface area contributed by atoms with Crippen molar-refractivity contribution in [1.82, 2.24) is 4.31 Å². The Morgan fingerprint density at radius 1 is 0.964 bits per heavy atom. The number of nitrogens with zero attached hydrogens (tertiary/aromatic N) is 1. The molecule has 1 aliphatic heterocycles. The zero-order chi connectivity index (χ0) is 20.2. The number of morpholine rings is 1. The molecule has 0 aliphatic carbocycles. The van der Waals surface area contributed by atoms with Crippen molar-refractivity contribution in [2.24, 2.45) is 0 Å². The number of hydrogen-bond acceptors (Lipinski definition) is 6. The normalized spacial score (nSPS) is 15.9. The van der Waals surface area contributed by atoms with Gasteiger partial charge in [0.05, 0.1) is 35.3 Å². The van der Waals surface area contributed by atoms with Gasteiger partial charge in [-0.15, -0.1) is 0 Å². The van der Waals surface area contributed by atoms with Crippen molar-refractivity contribution in [2.45, 2.75) is 16.7 Å². The van der Waals surface area contributed by atoms with E-state index in [1.807, 2.05) is 0 Å². The van der Waals surface area contributed by atoms with E-state index in [0.717, 1.165) is 0 Å². The van der Waals surface area contributed by atoms with Crippen LogP contribution in [0.5, 0.6) is 5.75 Å². The van der Waals surface area contributed by atoms with Gasteiger partial charge in [-0.05, 0) is 43.3 Å². The number of ether oxygens (including phenoxy) is 2. The summed E-state index contributed by atoms with van der Waals surface area (Å²) < 4.78 is 65.1. The van der Waals surface area contributed by atoms with Crippen molar-refractivity contribution in [2.75, 3.05) is 37.6 Å². The second-order valence-corrected chi connectivity index (χ2v) is 9.64. The Morgan fingerprint density at radius 2 is 1.57 bits per heavy atom. The predicted molar refractivity (Wildman–Crippen MR) is 104 cm³/mol. The first-order chi connectivity index (χ1) is 13.3. The highest BCUT2D eigenvalue weighted by molar-refractivity contribution is 7.92. The Hall–Kier alpha value is -2.14. The molecule has 28 heavy (non-hydrogen) atoms. The fourth-order valence-corrected chi connectivity index (χ4v) is 5.24. The molecule has 0 spiro atoms. The fraction of sp³-hybridized carbons (Fsp3) is 0.333. The summed E-state index contributed by atoms with van der Waals surface area (Å²) in [6, 6.07) is 11.9. The molecule has 1 heterocycles. The Morgan fingerprint density at radius 3 is 2.21 bits per heavy atom. The van der Waals surface area contributed by atoms with E-state index in [1.54, 1.807) is 31.2 Å². The fourth-order valence-electron chi connectivity index (χ4n) is 2.76. The topological polar surface area (TPSA) is 102 Å². The Balaban J connectivity index is 1.82. The maximum atomic E-state index is 12.7. The van der Waals surface area contributed by atoms with Crippen LogP contribution in [0.2, 0.25) is 0 Å². The van der Waals surface area contributed by atoms with Crippen LogP contribution in [0.15, 0.2) is 58.3 Å². The number of benzene rings is 2. The summed E-state index contributed by atoms with van der Waals surface area (Å²) in [6.45, 7) is 3.44. The number of anilines is 1. The van der Waals surface area contributed by atoms with Crippen LogP contribution >= 0.6 is 0 Å². The van der Waals surface area contributed by atoms with Crippen LogP contribution in [-0.2, 0) is 24.8 Å². The SMILES string of the molecule is CCOc1ccccc1NS(=O)(=O)c1ccc(S(=O)(=O)N2CCOCC2)cc1. The monoisotopic (exact) mass is 426 g/mol. The molecule has 2 aromatic carbocycles. The molecule has 3 rings (SSSR count). The van der Waals surface area contributed by atoms with E-state index in [4.69, 9.17) is 9.47 Å². The molecule has 1 N–H and O–H groups in total. The molecule has 1 saturated heterocycles. The molecule has 10 heteroatoms. The van der Waals surface area contributed by atoms with Gasteiger partial charge in [0, 0.05) is 13.1 Å². The number of para-hydroxylation sites is 2. The van der Waals surface area contributed by atoms with Gasteiger partial charge in [-0.25, -0.2) is 16.8 Å². The molecule has 0 aromatic heterocycles. The summed E-state index contributed by atoms with van der Waals surface area (Å²) in [5.41, 5.74) is 0.314. The van der Waals surface area contributed by atoms with Gasteiger partial charge < -0.3 is 9.47 Å². The predicted octanol–water partition coefficient (Wildman–Crippen LogP) is 1.91. The molecular weight excluding hydrogens is 404 g/mol. The largest absolute Gasteiger partial charge is 0.492 e. The maximum Gasteiger partial charge on any atom is 0.262 e. The first-order valence-electron chi connectivity index (χ1n) is 8.77. The first-order valence-corrected chi connectivity index (χ1v) is 11.7. The van der Waals surface area contributed by atoms with Crippen LogP contribution in [-0.4, -0.2) is 54.1 Å². The Bertz CT molecular complexity index is 1010. The molecule has 8 nitrogen and oxygen atoms in total. The molecule has 0 atom stereocenters. The van der Waals surface area contributed by atoms with Gasteiger partial charge in [-0.1, -0.05) is 12.1 Å². The van der Waals surface area contributed by atoms with Crippen molar-refractivity contribution in [3.05, 3.63) is 48.5 Å². The van der Waals surface area contributed by atoms with E-state index in [1.165, 1.54) is 28.6 Å². The average Bonchev–Trinajstić information content (AvgIpc) is 2.70. The molecule has 2 aromatic rings. The average molecular weight is 427 g/mol. The highest BCUT2D eigenvalue weighted by Gasteiger charge is 2.27. The van der Waals surface area contributed by atoms with Crippen LogP contribution in [0, 0.1) is 0 Å². The molecule has 0 radical (unpaired) electrons. The molecule has 152 valence electrons. The lowest BCUT2D eigenvalue weighted by Gasteiger charge is -2.26. The molecule has 0 unspecified atom stereocenters. The second kappa shape index (κ2) is 8.48. The smallest absolute Gasteiger partial charge is 0.262 e. The third kappa shape index (κ3) is 4.46. The summed E-state index contributed by atoms with van der Waals surface area (Å²) in [5, 5.41) is 0. The third-order valence-electron chi connectivity index (χ3n) is 4.17. The number of nitrogens with one attached hydrogen (secondary N) is 1. The minimum atomic E-state index is -3.90. The van der Waals surface area contributed by atoms with E-state index in [2.05, 4.69) is 4.72 Å². The zero-order valence-corrected chi connectivity index (χ0v) is 17.0. The summed E-state index contributed by atoms with van der Waals surface area (Å²) in [6.07, 6.45) is 0. The van der Waals surface area contributed by atoms with Gasteiger partial charge in [0.15, 0.2) is 0 Å². The van der Waals surface area contributed by atoms with Gasteiger partial charge in [-0.3, -0.25) is 4.72 Å². The molecule has 1 aliphatic rings. The van der Waals surface area contributed by atoms with Crippen molar-refractivity contribution in [3.63, 3.8) is 0 Å². The van der Waals surface area contributed by atoms with Crippen molar-refractivity contribution in [3.8, 4) is 5.75 Å². The first kappa shape index (κ1) is 20.6. The van der Waals surface area contributed by atoms with E-state index in [-0.39, 0.29) is 22.9 Å². The van der Waals surface area contributed by atoms with Crippen LogP contribution in [0.4, 0.5) is 5.69 Å². The van der Waals surface area contributed by atoms with Gasteiger partial charge >= 0.3 is 0 Å². The molecular formula is C18H22N2O6S2. The third-order valence-corrected chi connectivity index (χ3v) is 7.47. The summed E-state index contributed by atoms with van der Waals surface area (Å²) in [4.78, 5) is 0.00259. The van der Waals surface area contributed by atoms with Crippen molar-refractivity contribution < 1.29 is 26.3 Å². The van der Waals surface area contributed by atoms with E-state index < -0.39 is 20.0 Å². The van der Waals surface area contributed by atoms with Crippen molar-refractivity contribution in [1.29, 1.82) is 0 Å². The van der Waals surface area contributed by atoms with E-state index in [0.29, 0.717) is 31.3 Å². The van der Waals surface area contributed by atoms with Crippen LogP contribution in [0.25, 0.3) is 0 Å². The lowest BCUT2D eigenvalue weighted by molar-refractivity contribution is 0.0730. The maximum absolute atomic E-state index is 12.7. The quantitative estimate of drug-likeness (QED) is 0.726. The van der Waals surface area contributed by atoms with Crippen LogP contribution in [0.1, 0.15) is 6.92 Å². The molecule has 0 bridgehead atoms. The molecule has 1 fully saturated rings. The van der Waals surface area contributed by atoms with Crippen LogP contribution < -0.4 is 9.46 Å². The van der Waals surface area contributed by atoms with Crippen molar-refractivity contribution >= 4 is 25.7 Å². The minimum Gasteiger partial charge on any atom is -0.492 e. The van der Waals surface area contributed by atoms with Gasteiger partial charge in [0.2, 0.25) is 10.0 Å². The Kier molecular flexibility index (Phi) is 6.23. The Labute approximate surface area is 165 Å². The summed E-state index contributed by atoms with van der Waals surface area (Å²) >= 11 is 0. The zero-order valence-electron chi connectivity index (χ0n) is 15.4. The highest BCUT2D eigenvalue weighted by Crippen LogP contribution is 2.27. The standard InChI is InChI=1S/C18H22N2O6S2/c1-2-26-18-6-4-3-5-17(18)19-27(21,22)15-7-9-16(10-8-15)28(23,24)20-11-13-25-14-12-20/h3-10,19H,2,11-14H2,1H3. The molecule has 0 amide bonds. The van der Waals surface area contributed by atoms with Gasteiger partial charge in [0.1, 0.15) is 5.75 Å². The summed E-state index contributed by atoms with van der Waals surface area (Å²) in [5.74, 6) is 0.417. The van der Waals surface area contributed by atoms with Gasteiger partial charge in [0.25, 0.3) is 10.0 Å². The van der Waals surface area contributed by atoms with Gasteiger partial charge in [-0.2, -0.15) is 4.31 Å². The summed E-state index contributed by atoms with van der Waals surface area (Å²) in [7, 11) is -7.58. The number of sulfonamides is 2. The number of hydrogen-bond donors (Lipinski definition) is 1. The van der Waals surface area contributed by atoms with Crippen LogP contribution in [0.3, 0.4) is 0 Å². The number of rotatable bonds is 7. The van der Waals surface area contributed by atoms with E-state index >= 15 is 0 Å². The lowest BCUT2D eigenvalue weighted by atomic mass is 10.3.